The third-order valence-corrected chi connectivity index (χ3v) is 4.77. The number of methoxy groups -OCH3 is 1. The zero-order valence-electron chi connectivity index (χ0n) is 18.2. The Labute approximate surface area is 199 Å². The van der Waals surface area contributed by atoms with Crippen LogP contribution < -0.4 is 10.2 Å². The van der Waals surface area contributed by atoms with Gasteiger partial charge in [0.25, 0.3) is 5.91 Å². The fourth-order valence-electron chi connectivity index (χ4n) is 2.96. The van der Waals surface area contributed by atoms with E-state index in [1.165, 1.54) is 25.5 Å². The first-order valence-corrected chi connectivity index (χ1v) is 10.2. The molecule has 2 heterocycles. The molecule has 0 atom stereocenters. The van der Waals surface area contributed by atoms with Crippen LogP contribution in [0.3, 0.4) is 0 Å². The normalized spacial score (nSPS) is 10.8. The summed E-state index contributed by atoms with van der Waals surface area (Å²) < 4.78 is 16.1. The molecule has 3 rings (SSSR count). The number of nitrogens with one attached hydrogen (secondary N) is 1. The first kappa shape index (κ1) is 24.4. The van der Waals surface area contributed by atoms with E-state index in [9.17, 15) is 20.0 Å². The third kappa shape index (κ3) is 5.98. The van der Waals surface area contributed by atoms with Crippen molar-refractivity contribution in [3.63, 3.8) is 0 Å². The number of pyridine rings is 1. The van der Waals surface area contributed by atoms with Gasteiger partial charge in [0.15, 0.2) is 6.61 Å². The highest BCUT2D eigenvalue weighted by atomic mass is 35.5. The van der Waals surface area contributed by atoms with Crippen molar-refractivity contribution in [2.24, 2.45) is 5.10 Å². The van der Waals surface area contributed by atoms with E-state index in [2.05, 4.69) is 15.5 Å². The number of nitriles is 1. The molecule has 3 aromatic rings. The van der Waals surface area contributed by atoms with Gasteiger partial charge in [0.05, 0.1) is 23.4 Å². The minimum Gasteiger partial charge on any atom is -0.478 e. The lowest BCUT2D eigenvalue weighted by Crippen LogP contribution is -2.25. The smallest absolute Gasteiger partial charge is 0.337 e. The van der Waals surface area contributed by atoms with Gasteiger partial charge in [0.2, 0.25) is 5.88 Å². The van der Waals surface area contributed by atoms with Gasteiger partial charge in [-0.05, 0) is 43.3 Å². The summed E-state index contributed by atoms with van der Waals surface area (Å²) in [5.74, 6) is -0.973. The van der Waals surface area contributed by atoms with Crippen LogP contribution in [-0.2, 0) is 16.1 Å². The first-order chi connectivity index (χ1) is 16.3. The Bertz CT molecular complexity index is 1300. The van der Waals surface area contributed by atoms with Crippen LogP contribution in [0.1, 0.15) is 32.9 Å². The molecule has 0 unspecified atom stereocenters. The van der Waals surface area contributed by atoms with E-state index >= 15 is 0 Å². The fourth-order valence-corrected chi connectivity index (χ4v) is 3.16. The number of halogens is 1. The van der Waals surface area contributed by atoms with Gasteiger partial charge in [-0.15, -0.1) is 0 Å². The van der Waals surface area contributed by atoms with Crippen molar-refractivity contribution >= 4 is 29.7 Å². The van der Waals surface area contributed by atoms with E-state index in [0.29, 0.717) is 28.3 Å². The van der Waals surface area contributed by atoms with Gasteiger partial charge < -0.3 is 19.0 Å². The molecule has 174 valence electrons. The number of rotatable bonds is 9. The number of aryl methyl sites for hydroxylation is 1. The van der Waals surface area contributed by atoms with Crippen molar-refractivity contribution in [2.75, 3.05) is 13.7 Å². The number of hydrazone groups is 1. The number of benzene rings is 1. The standard InChI is InChI=1S/C23H19ClN4O6/c1-13-7-15(11-32-2)18(9-25)22(27-13)33-12-21(29)28-26-10-16-4-6-20(34-16)14-3-5-19(24)17(8-14)23(30)31/h3-8,10H,11-12H2,1-2H3,(H,28,29)(H,30,31)/b26-10-. The second-order valence-corrected chi connectivity index (χ2v) is 7.34. The minimum absolute atomic E-state index is 0.0352. The van der Waals surface area contributed by atoms with Crippen molar-refractivity contribution in [3.05, 3.63) is 69.6 Å². The number of carboxylic acids is 1. The highest BCUT2D eigenvalue weighted by Gasteiger charge is 2.15. The molecule has 0 bridgehead atoms. The lowest BCUT2D eigenvalue weighted by molar-refractivity contribution is -0.123. The van der Waals surface area contributed by atoms with Crippen molar-refractivity contribution in [2.45, 2.75) is 13.5 Å². The number of aromatic nitrogens is 1. The number of carbonyl (C=O) groups is 2. The molecule has 0 saturated carbocycles. The fraction of sp³-hybridized carbons (Fsp3) is 0.174. The molecule has 0 aliphatic rings. The summed E-state index contributed by atoms with van der Waals surface area (Å²) in [6.07, 6.45) is 1.28. The van der Waals surface area contributed by atoms with Crippen LogP contribution in [0.25, 0.3) is 11.3 Å². The van der Waals surface area contributed by atoms with Crippen molar-refractivity contribution < 1.29 is 28.6 Å². The lowest BCUT2D eigenvalue weighted by Gasteiger charge is -2.10. The number of carboxylic acid groups (broad SMARTS) is 1. The molecule has 2 N–H and O–H groups in total. The highest BCUT2D eigenvalue weighted by molar-refractivity contribution is 6.33. The summed E-state index contributed by atoms with van der Waals surface area (Å²) in [7, 11) is 1.51. The Morgan fingerprint density at radius 3 is 2.82 bits per heavy atom. The average molecular weight is 483 g/mol. The Morgan fingerprint density at radius 1 is 1.32 bits per heavy atom. The number of ether oxygens (including phenoxy) is 2. The van der Waals surface area contributed by atoms with Gasteiger partial charge in [-0.1, -0.05) is 11.6 Å². The molecular formula is C23H19ClN4O6. The third-order valence-electron chi connectivity index (χ3n) is 4.44. The number of hydrogen-bond donors (Lipinski definition) is 2. The minimum atomic E-state index is -1.15. The quantitative estimate of drug-likeness (QED) is 0.347. The Balaban J connectivity index is 1.61. The lowest BCUT2D eigenvalue weighted by atomic mass is 10.1. The predicted molar refractivity (Wildman–Crippen MR) is 122 cm³/mol. The monoisotopic (exact) mass is 482 g/mol. The van der Waals surface area contributed by atoms with E-state index in [1.807, 2.05) is 6.07 Å². The molecule has 11 heteroatoms. The summed E-state index contributed by atoms with van der Waals surface area (Å²) in [6, 6.07) is 11.4. The molecule has 0 aliphatic carbocycles. The van der Waals surface area contributed by atoms with Crippen LogP contribution >= 0.6 is 11.6 Å². The maximum Gasteiger partial charge on any atom is 0.337 e. The van der Waals surface area contributed by atoms with Gasteiger partial charge in [-0.25, -0.2) is 15.2 Å². The Hall–Kier alpha value is -4.20. The molecule has 0 fully saturated rings. The van der Waals surface area contributed by atoms with E-state index < -0.39 is 18.5 Å². The van der Waals surface area contributed by atoms with Crippen LogP contribution in [0.5, 0.6) is 5.88 Å². The summed E-state index contributed by atoms with van der Waals surface area (Å²) in [4.78, 5) is 27.5. The zero-order chi connectivity index (χ0) is 24.7. The first-order valence-electron chi connectivity index (χ1n) is 9.79. The Morgan fingerprint density at radius 2 is 2.12 bits per heavy atom. The molecule has 1 aromatic carbocycles. The van der Waals surface area contributed by atoms with Crippen LogP contribution in [0.15, 0.2) is 45.9 Å². The molecule has 10 nitrogen and oxygen atoms in total. The van der Waals surface area contributed by atoms with Gasteiger partial charge in [0, 0.05) is 23.9 Å². The number of nitrogens with zero attached hydrogens (tertiary/aromatic N) is 3. The number of carbonyl (C=O) groups excluding carboxylic acids is 1. The van der Waals surface area contributed by atoms with E-state index in [1.54, 1.807) is 31.2 Å². The summed E-state index contributed by atoms with van der Waals surface area (Å²) >= 11 is 5.88. The summed E-state index contributed by atoms with van der Waals surface area (Å²) in [5.41, 5.74) is 4.18. The van der Waals surface area contributed by atoms with E-state index in [-0.39, 0.29) is 28.6 Å². The summed E-state index contributed by atoms with van der Waals surface area (Å²) in [5, 5.41) is 22.5. The van der Waals surface area contributed by atoms with Crippen molar-refractivity contribution in [3.8, 4) is 23.3 Å². The van der Waals surface area contributed by atoms with Gasteiger partial charge >= 0.3 is 5.97 Å². The number of hydrogen-bond acceptors (Lipinski definition) is 8. The number of furan rings is 1. The molecule has 2 aromatic heterocycles. The van der Waals surface area contributed by atoms with Crippen molar-refractivity contribution in [1.29, 1.82) is 5.26 Å². The van der Waals surface area contributed by atoms with Crippen molar-refractivity contribution in [1.82, 2.24) is 10.4 Å². The van der Waals surface area contributed by atoms with Crippen LogP contribution in [0.4, 0.5) is 0 Å². The topological polar surface area (TPSA) is 147 Å². The molecule has 0 saturated heterocycles. The average Bonchev–Trinajstić information content (AvgIpc) is 3.26. The molecular weight excluding hydrogens is 464 g/mol. The second kappa shape index (κ2) is 11.1. The molecule has 0 radical (unpaired) electrons. The number of aromatic carboxylic acids is 1. The Kier molecular flexibility index (Phi) is 7.97. The van der Waals surface area contributed by atoms with Crippen LogP contribution in [-0.4, -0.2) is 41.9 Å². The zero-order valence-corrected chi connectivity index (χ0v) is 18.9. The van der Waals surface area contributed by atoms with E-state index in [4.69, 9.17) is 25.5 Å². The van der Waals surface area contributed by atoms with E-state index in [0.717, 1.165) is 0 Å². The predicted octanol–water partition coefficient (Wildman–Crippen LogP) is 3.55. The summed E-state index contributed by atoms with van der Waals surface area (Å²) in [6.45, 7) is 1.53. The second-order valence-electron chi connectivity index (χ2n) is 6.93. The van der Waals surface area contributed by atoms with Gasteiger partial charge in [-0.3, -0.25) is 4.79 Å². The van der Waals surface area contributed by atoms with Crippen LogP contribution in [0, 0.1) is 18.3 Å². The number of amides is 1. The van der Waals surface area contributed by atoms with Gasteiger partial charge in [-0.2, -0.15) is 10.4 Å². The maximum atomic E-state index is 12.1. The molecule has 1 amide bonds. The largest absolute Gasteiger partial charge is 0.478 e. The van der Waals surface area contributed by atoms with Crippen LogP contribution in [0.2, 0.25) is 5.02 Å². The highest BCUT2D eigenvalue weighted by Crippen LogP contribution is 2.26. The SMILES string of the molecule is COCc1cc(C)nc(OCC(=O)N/N=C\c2ccc(-c3ccc(Cl)c(C(=O)O)c3)o2)c1C#N. The maximum absolute atomic E-state index is 12.1. The molecule has 0 aliphatic heterocycles. The van der Waals surface area contributed by atoms with Gasteiger partial charge in [0.1, 0.15) is 23.2 Å². The molecule has 34 heavy (non-hydrogen) atoms. The molecule has 0 spiro atoms.